The van der Waals surface area contributed by atoms with Crippen molar-refractivity contribution in [1.82, 2.24) is 15.1 Å². The van der Waals surface area contributed by atoms with Crippen molar-refractivity contribution in [3.8, 4) is 11.5 Å². The highest BCUT2D eigenvalue weighted by atomic mass is 35.5. The van der Waals surface area contributed by atoms with Crippen molar-refractivity contribution in [3.63, 3.8) is 0 Å². The van der Waals surface area contributed by atoms with Crippen molar-refractivity contribution < 1.29 is 8.81 Å². The summed E-state index contributed by atoms with van der Waals surface area (Å²) >= 11 is 6.00. The van der Waals surface area contributed by atoms with Crippen LogP contribution in [-0.2, 0) is 0 Å². The molecular formula is C25H22ClFN4O. The second-order valence-electron chi connectivity index (χ2n) is 7.76. The molecule has 4 aromatic rings. The first kappa shape index (κ1) is 20.7. The highest BCUT2D eigenvalue weighted by Gasteiger charge is 2.30. The quantitative estimate of drug-likeness (QED) is 0.406. The van der Waals surface area contributed by atoms with E-state index in [9.17, 15) is 4.39 Å². The molecule has 0 saturated carbocycles. The Kier molecular flexibility index (Phi) is 5.88. The van der Waals surface area contributed by atoms with Gasteiger partial charge in [0.2, 0.25) is 11.8 Å². The van der Waals surface area contributed by atoms with E-state index in [1.807, 2.05) is 54.6 Å². The summed E-state index contributed by atoms with van der Waals surface area (Å²) < 4.78 is 19.4. The lowest BCUT2D eigenvalue weighted by Crippen LogP contribution is -2.48. The van der Waals surface area contributed by atoms with Crippen LogP contribution in [0.15, 0.2) is 83.3 Å². The maximum absolute atomic E-state index is 13.3. The van der Waals surface area contributed by atoms with Gasteiger partial charge in [-0.2, -0.15) is 0 Å². The number of halogens is 2. The molecule has 32 heavy (non-hydrogen) atoms. The number of anilines is 1. The number of rotatable bonds is 5. The Balaban J connectivity index is 1.39. The lowest BCUT2D eigenvalue weighted by atomic mass is 10.0. The van der Waals surface area contributed by atoms with Crippen LogP contribution in [0.3, 0.4) is 0 Å². The first-order valence-electron chi connectivity index (χ1n) is 10.6. The third-order valence-electron chi connectivity index (χ3n) is 5.75. The molecule has 1 saturated heterocycles. The fourth-order valence-corrected chi connectivity index (χ4v) is 4.22. The van der Waals surface area contributed by atoms with Crippen molar-refractivity contribution in [2.75, 3.05) is 31.1 Å². The monoisotopic (exact) mass is 448 g/mol. The number of hydrogen-bond acceptors (Lipinski definition) is 5. The minimum atomic E-state index is -0.218. The van der Waals surface area contributed by atoms with E-state index in [0.29, 0.717) is 16.8 Å². The van der Waals surface area contributed by atoms with Gasteiger partial charge in [-0.25, -0.2) is 4.39 Å². The predicted octanol–water partition coefficient (Wildman–Crippen LogP) is 5.44. The maximum Gasteiger partial charge on any atom is 0.247 e. The van der Waals surface area contributed by atoms with E-state index in [4.69, 9.17) is 16.0 Å². The minimum absolute atomic E-state index is 0.139. The van der Waals surface area contributed by atoms with Crippen LogP contribution in [0.25, 0.3) is 11.5 Å². The first-order valence-corrected chi connectivity index (χ1v) is 10.9. The van der Waals surface area contributed by atoms with Crippen molar-refractivity contribution >= 4 is 17.3 Å². The Hall–Kier alpha value is -3.22. The predicted molar refractivity (Wildman–Crippen MR) is 123 cm³/mol. The van der Waals surface area contributed by atoms with Crippen molar-refractivity contribution in [3.05, 3.63) is 101 Å². The summed E-state index contributed by atoms with van der Waals surface area (Å²) in [6.45, 7) is 3.28. The minimum Gasteiger partial charge on any atom is -0.419 e. The van der Waals surface area contributed by atoms with Crippen molar-refractivity contribution in [2.45, 2.75) is 6.04 Å². The standard InChI is InChI=1S/C25H22ClFN4O/c26-20-8-6-19(7-9-20)24-28-29-25(32-24)23(18-4-2-1-3-5-18)31-16-14-30(15-17-31)22-12-10-21(27)11-13-22/h1-13,23H,14-17H2/t23-/m1/s1. The fourth-order valence-electron chi connectivity index (χ4n) is 4.09. The SMILES string of the molecule is Fc1ccc(N2CCN([C@H](c3ccccc3)c3nnc(-c4ccc(Cl)cc4)o3)CC2)cc1. The Bertz CT molecular complexity index is 1160. The van der Waals surface area contributed by atoms with Gasteiger partial charge in [0.15, 0.2) is 0 Å². The van der Waals surface area contributed by atoms with Crippen LogP contribution in [0.5, 0.6) is 0 Å². The van der Waals surface area contributed by atoms with Gasteiger partial charge in [0.25, 0.3) is 0 Å². The maximum atomic E-state index is 13.3. The number of aromatic nitrogens is 2. The van der Waals surface area contributed by atoms with Crippen LogP contribution in [0, 0.1) is 5.82 Å². The first-order chi connectivity index (χ1) is 15.7. The van der Waals surface area contributed by atoms with Gasteiger partial charge in [-0.05, 0) is 54.1 Å². The average Bonchev–Trinajstić information content (AvgIpc) is 3.31. The lowest BCUT2D eigenvalue weighted by Gasteiger charge is -2.39. The fraction of sp³-hybridized carbons (Fsp3) is 0.200. The molecule has 1 aliphatic rings. The molecule has 5 rings (SSSR count). The molecule has 1 aromatic heterocycles. The molecule has 0 aliphatic carbocycles. The Morgan fingerprint density at radius 1 is 0.812 bits per heavy atom. The molecule has 162 valence electrons. The molecule has 3 aromatic carbocycles. The van der Waals surface area contributed by atoms with E-state index in [1.165, 1.54) is 12.1 Å². The molecule has 0 N–H and O–H groups in total. The molecule has 0 spiro atoms. The zero-order valence-corrected chi connectivity index (χ0v) is 18.1. The molecule has 0 radical (unpaired) electrons. The van der Waals surface area contributed by atoms with Gasteiger partial charge in [-0.15, -0.1) is 10.2 Å². The highest BCUT2D eigenvalue weighted by molar-refractivity contribution is 6.30. The summed E-state index contributed by atoms with van der Waals surface area (Å²) in [5.74, 6) is 0.823. The van der Waals surface area contributed by atoms with Gasteiger partial charge in [-0.1, -0.05) is 41.9 Å². The van der Waals surface area contributed by atoms with Gasteiger partial charge in [0.05, 0.1) is 0 Å². The number of benzene rings is 3. The lowest BCUT2D eigenvalue weighted by molar-refractivity contribution is 0.188. The summed E-state index contributed by atoms with van der Waals surface area (Å²) in [6, 6.07) is 24.1. The summed E-state index contributed by atoms with van der Waals surface area (Å²) in [4.78, 5) is 4.62. The van der Waals surface area contributed by atoms with Gasteiger partial charge >= 0.3 is 0 Å². The van der Waals surface area contributed by atoms with Crippen LogP contribution >= 0.6 is 11.6 Å². The van der Waals surface area contributed by atoms with Crippen molar-refractivity contribution in [2.24, 2.45) is 0 Å². The number of piperazine rings is 1. The summed E-state index contributed by atoms with van der Waals surface area (Å²) in [5, 5.41) is 9.36. The Morgan fingerprint density at radius 2 is 1.50 bits per heavy atom. The molecule has 1 aliphatic heterocycles. The zero-order valence-electron chi connectivity index (χ0n) is 17.4. The molecule has 5 nitrogen and oxygen atoms in total. The number of hydrogen-bond donors (Lipinski definition) is 0. The van der Waals surface area contributed by atoms with E-state index in [-0.39, 0.29) is 11.9 Å². The second kappa shape index (κ2) is 9.10. The van der Waals surface area contributed by atoms with E-state index < -0.39 is 0 Å². The van der Waals surface area contributed by atoms with Crippen molar-refractivity contribution in [1.29, 1.82) is 0 Å². The van der Waals surface area contributed by atoms with Gasteiger partial charge < -0.3 is 9.32 Å². The third kappa shape index (κ3) is 4.38. The summed E-state index contributed by atoms with van der Waals surface area (Å²) in [5.41, 5.74) is 2.97. The second-order valence-corrected chi connectivity index (χ2v) is 8.20. The molecule has 1 atom stereocenters. The zero-order chi connectivity index (χ0) is 21.9. The largest absolute Gasteiger partial charge is 0.419 e. The summed E-state index contributed by atoms with van der Waals surface area (Å²) in [7, 11) is 0. The van der Waals surface area contributed by atoms with Crippen LogP contribution < -0.4 is 4.90 Å². The smallest absolute Gasteiger partial charge is 0.247 e. The Morgan fingerprint density at radius 3 is 2.19 bits per heavy atom. The molecule has 1 fully saturated rings. The van der Waals surface area contributed by atoms with E-state index in [1.54, 1.807) is 0 Å². The van der Waals surface area contributed by atoms with Crippen LogP contribution in [-0.4, -0.2) is 41.3 Å². The van der Waals surface area contributed by atoms with Crippen LogP contribution in [0.4, 0.5) is 10.1 Å². The highest BCUT2D eigenvalue weighted by Crippen LogP contribution is 2.31. The van der Waals surface area contributed by atoms with E-state index in [0.717, 1.165) is 43.0 Å². The average molecular weight is 449 g/mol. The molecular weight excluding hydrogens is 427 g/mol. The van der Waals surface area contributed by atoms with E-state index in [2.05, 4.69) is 32.1 Å². The topological polar surface area (TPSA) is 45.4 Å². The normalized spacial score (nSPS) is 15.6. The molecule has 0 amide bonds. The van der Waals surface area contributed by atoms with Gasteiger partial charge in [-0.3, -0.25) is 4.90 Å². The summed E-state index contributed by atoms with van der Waals surface area (Å²) in [6.07, 6.45) is 0. The number of nitrogens with zero attached hydrogens (tertiary/aromatic N) is 4. The molecule has 0 unspecified atom stereocenters. The third-order valence-corrected chi connectivity index (χ3v) is 6.00. The van der Waals surface area contributed by atoms with Gasteiger partial charge in [0.1, 0.15) is 11.9 Å². The van der Waals surface area contributed by atoms with Gasteiger partial charge in [0, 0.05) is 42.5 Å². The Labute approximate surface area is 191 Å². The molecule has 7 heteroatoms. The van der Waals surface area contributed by atoms with Crippen LogP contribution in [0.1, 0.15) is 17.5 Å². The molecule has 0 bridgehead atoms. The molecule has 2 heterocycles. The van der Waals surface area contributed by atoms with E-state index >= 15 is 0 Å². The van der Waals surface area contributed by atoms with Crippen LogP contribution in [0.2, 0.25) is 5.02 Å².